The van der Waals surface area contributed by atoms with Crippen molar-refractivity contribution in [1.29, 1.82) is 0 Å². The molecule has 100 valence electrons. The highest BCUT2D eigenvalue weighted by molar-refractivity contribution is 7.10. The fourth-order valence-corrected chi connectivity index (χ4v) is 3.95. The Hall–Kier alpha value is -0.380. The standard InChI is InChI=1S/C15H24N2S/c1-11(2)8-17-6-5-14-12(7-16-13-3-4-13)10-18-15(14)9-17/h10-11,13,16H,3-9H2,1-2H3. The minimum absolute atomic E-state index is 0.780. The highest BCUT2D eigenvalue weighted by Crippen LogP contribution is 2.29. The molecule has 1 aliphatic heterocycles. The van der Waals surface area contributed by atoms with E-state index in [0.717, 1.165) is 18.5 Å². The van der Waals surface area contributed by atoms with Gasteiger partial charge in [-0.05, 0) is 41.7 Å². The van der Waals surface area contributed by atoms with Crippen LogP contribution in [0.15, 0.2) is 5.38 Å². The molecular formula is C15H24N2S. The first-order chi connectivity index (χ1) is 8.72. The van der Waals surface area contributed by atoms with Crippen molar-refractivity contribution in [1.82, 2.24) is 10.2 Å². The average Bonchev–Trinajstić information content (AvgIpc) is 3.07. The zero-order chi connectivity index (χ0) is 12.5. The summed E-state index contributed by atoms with van der Waals surface area (Å²) in [5, 5.41) is 6.03. The Bertz CT molecular complexity index is 407. The van der Waals surface area contributed by atoms with Gasteiger partial charge in [-0.2, -0.15) is 0 Å². The maximum absolute atomic E-state index is 3.65. The first-order valence-corrected chi connectivity index (χ1v) is 8.14. The van der Waals surface area contributed by atoms with E-state index >= 15 is 0 Å². The van der Waals surface area contributed by atoms with Gasteiger partial charge < -0.3 is 5.32 Å². The minimum atomic E-state index is 0.780. The third-order valence-corrected chi connectivity index (χ3v) is 4.96. The van der Waals surface area contributed by atoms with Crippen LogP contribution in [0.3, 0.4) is 0 Å². The zero-order valence-corrected chi connectivity index (χ0v) is 12.4. The lowest BCUT2D eigenvalue weighted by Gasteiger charge is -2.28. The summed E-state index contributed by atoms with van der Waals surface area (Å²) in [6.07, 6.45) is 4.02. The molecule has 1 saturated carbocycles. The first-order valence-electron chi connectivity index (χ1n) is 7.26. The summed E-state index contributed by atoms with van der Waals surface area (Å²) in [5.74, 6) is 0.780. The van der Waals surface area contributed by atoms with Crippen molar-refractivity contribution in [2.24, 2.45) is 5.92 Å². The van der Waals surface area contributed by atoms with E-state index in [-0.39, 0.29) is 0 Å². The van der Waals surface area contributed by atoms with Crippen LogP contribution in [0.1, 0.15) is 42.7 Å². The summed E-state index contributed by atoms with van der Waals surface area (Å²) in [7, 11) is 0. The quantitative estimate of drug-likeness (QED) is 0.879. The molecule has 0 amide bonds. The van der Waals surface area contributed by atoms with Gasteiger partial charge in [-0.3, -0.25) is 4.90 Å². The van der Waals surface area contributed by atoms with Gasteiger partial charge >= 0.3 is 0 Å². The van der Waals surface area contributed by atoms with E-state index in [9.17, 15) is 0 Å². The smallest absolute Gasteiger partial charge is 0.0331 e. The normalized spacial score (nSPS) is 20.4. The molecular weight excluding hydrogens is 240 g/mol. The summed E-state index contributed by atoms with van der Waals surface area (Å²) in [5.41, 5.74) is 3.24. The lowest BCUT2D eigenvalue weighted by Crippen LogP contribution is -2.33. The third kappa shape index (κ3) is 2.95. The molecule has 1 aliphatic carbocycles. The molecule has 0 unspecified atom stereocenters. The predicted molar refractivity (Wildman–Crippen MR) is 78.0 cm³/mol. The number of thiophene rings is 1. The number of nitrogens with one attached hydrogen (secondary N) is 1. The fraction of sp³-hybridized carbons (Fsp3) is 0.733. The largest absolute Gasteiger partial charge is 0.310 e. The molecule has 0 aromatic carbocycles. The van der Waals surface area contributed by atoms with Crippen molar-refractivity contribution in [3.63, 3.8) is 0 Å². The summed E-state index contributed by atoms with van der Waals surface area (Å²) in [4.78, 5) is 4.23. The summed E-state index contributed by atoms with van der Waals surface area (Å²) >= 11 is 1.97. The highest BCUT2D eigenvalue weighted by atomic mass is 32.1. The second kappa shape index (κ2) is 5.32. The molecule has 0 saturated heterocycles. The van der Waals surface area contributed by atoms with Crippen LogP contribution in [-0.2, 0) is 19.5 Å². The van der Waals surface area contributed by atoms with Crippen LogP contribution in [0.2, 0.25) is 0 Å². The Morgan fingerprint density at radius 3 is 3.00 bits per heavy atom. The fourth-order valence-electron chi connectivity index (χ4n) is 2.81. The lowest BCUT2D eigenvalue weighted by molar-refractivity contribution is 0.229. The second-order valence-corrected chi connectivity index (χ2v) is 7.16. The van der Waals surface area contributed by atoms with E-state index in [1.165, 1.54) is 38.9 Å². The third-order valence-electron chi connectivity index (χ3n) is 3.89. The van der Waals surface area contributed by atoms with Gasteiger partial charge in [-0.25, -0.2) is 0 Å². The average molecular weight is 264 g/mol. The Morgan fingerprint density at radius 2 is 2.28 bits per heavy atom. The van der Waals surface area contributed by atoms with Crippen molar-refractivity contribution in [3.05, 3.63) is 21.4 Å². The van der Waals surface area contributed by atoms with E-state index in [0.29, 0.717) is 0 Å². The molecule has 1 fully saturated rings. The Kier molecular flexibility index (Phi) is 3.73. The molecule has 0 spiro atoms. The van der Waals surface area contributed by atoms with E-state index in [2.05, 4.69) is 29.4 Å². The van der Waals surface area contributed by atoms with Crippen LogP contribution < -0.4 is 5.32 Å². The Balaban J connectivity index is 1.62. The maximum atomic E-state index is 3.65. The number of rotatable bonds is 5. The predicted octanol–water partition coefficient (Wildman–Crippen LogP) is 3.01. The lowest BCUT2D eigenvalue weighted by atomic mass is 10.0. The topological polar surface area (TPSA) is 15.3 Å². The molecule has 2 nitrogen and oxygen atoms in total. The van der Waals surface area contributed by atoms with Gasteiger partial charge in [-0.1, -0.05) is 13.8 Å². The SMILES string of the molecule is CC(C)CN1CCc2c(CNC3CC3)csc2C1. The van der Waals surface area contributed by atoms with Crippen LogP contribution in [0.25, 0.3) is 0 Å². The van der Waals surface area contributed by atoms with Crippen molar-refractivity contribution < 1.29 is 0 Å². The Morgan fingerprint density at radius 1 is 1.44 bits per heavy atom. The number of hydrogen-bond acceptors (Lipinski definition) is 3. The minimum Gasteiger partial charge on any atom is -0.310 e. The van der Waals surface area contributed by atoms with Gasteiger partial charge in [0.15, 0.2) is 0 Å². The van der Waals surface area contributed by atoms with Crippen molar-refractivity contribution in [2.75, 3.05) is 13.1 Å². The van der Waals surface area contributed by atoms with E-state index in [1.54, 1.807) is 16.0 Å². The van der Waals surface area contributed by atoms with Crippen LogP contribution in [0, 0.1) is 5.92 Å². The van der Waals surface area contributed by atoms with Crippen molar-refractivity contribution >= 4 is 11.3 Å². The van der Waals surface area contributed by atoms with Crippen LogP contribution >= 0.6 is 11.3 Å². The number of fused-ring (bicyclic) bond motifs is 1. The molecule has 0 atom stereocenters. The van der Waals surface area contributed by atoms with E-state index in [4.69, 9.17) is 0 Å². The van der Waals surface area contributed by atoms with Crippen molar-refractivity contribution in [2.45, 2.75) is 52.2 Å². The number of hydrogen-bond donors (Lipinski definition) is 1. The van der Waals surface area contributed by atoms with Crippen LogP contribution in [0.4, 0.5) is 0 Å². The highest BCUT2D eigenvalue weighted by Gasteiger charge is 2.23. The molecule has 0 bridgehead atoms. The monoisotopic (exact) mass is 264 g/mol. The van der Waals surface area contributed by atoms with E-state index in [1.807, 2.05) is 11.3 Å². The molecule has 2 heterocycles. The number of nitrogens with zero attached hydrogens (tertiary/aromatic N) is 1. The molecule has 3 rings (SSSR count). The van der Waals surface area contributed by atoms with Crippen LogP contribution in [0.5, 0.6) is 0 Å². The Labute approximate surface area is 114 Å². The van der Waals surface area contributed by atoms with E-state index < -0.39 is 0 Å². The van der Waals surface area contributed by atoms with Gasteiger partial charge in [0, 0.05) is 37.1 Å². The van der Waals surface area contributed by atoms with Gasteiger partial charge in [0.05, 0.1) is 0 Å². The molecule has 3 heteroatoms. The summed E-state index contributed by atoms with van der Waals surface area (Å²) < 4.78 is 0. The second-order valence-electron chi connectivity index (χ2n) is 6.20. The molecule has 0 radical (unpaired) electrons. The molecule has 1 N–H and O–H groups in total. The van der Waals surface area contributed by atoms with Gasteiger partial charge in [-0.15, -0.1) is 11.3 Å². The molecule has 18 heavy (non-hydrogen) atoms. The van der Waals surface area contributed by atoms with Crippen molar-refractivity contribution in [3.8, 4) is 0 Å². The molecule has 2 aliphatic rings. The van der Waals surface area contributed by atoms with Gasteiger partial charge in [0.1, 0.15) is 0 Å². The van der Waals surface area contributed by atoms with Gasteiger partial charge in [0.25, 0.3) is 0 Å². The first kappa shape index (κ1) is 12.6. The molecule has 1 aromatic rings. The van der Waals surface area contributed by atoms with Gasteiger partial charge in [0.2, 0.25) is 0 Å². The maximum Gasteiger partial charge on any atom is 0.0331 e. The zero-order valence-electron chi connectivity index (χ0n) is 11.5. The summed E-state index contributed by atoms with van der Waals surface area (Å²) in [6.45, 7) is 9.40. The molecule has 1 aromatic heterocycles. The summed E-state index contributed by atoms with van der Waals surface area (Å²) in [6, 6.07) is 0.821. The van der Waals surface area contributed by atoms with Crippen LogP contribution in [-0.4, -0.2) is 24.0 Å².